The Kier molecular flexibility index (Phi) is 6.72. The highest BCUT2D eigenvalue weighted by Crippen LogP contribution is 2.34. The number of anilines is 1. The summed E-state index contributed by atoms with van der Waals surface area (Å²) in [6, 6.07) is 21.6. The van der Waals surface area contributed by atoms with Gasteiger partial charge in [0.05, 0.1) is 19.2 Å². The number of carbonyl (C=O) groups is 2. The Morgan fingerprint density at radius 3 is 2.63 bits per heavy atom. The molecule has 1 aliphatic rings. The molecule has 8 heteroatoms. The first-order chi connectivity index (χ1) is 17.1. The van der Waals surface area contributed by atoms with Crippen LogP contribution in [0.5, 0.6) is 5.75 Å². The summed E-state index contributed by atoms with van der Waals surface area (Å²) in [7, 11) is 1.62. The minimum atomic E-state index is -0.167. The lowest BCUT2D eigenvalue weighted by molar-refractivity contribution is -0.122. The summed E-state index contributed by atoms with van der Waals surface area (Å²) in [6.07, 6.45) is 0.248. The molecule has 0 unspecified atom stereocenters. The fourth-order valence-corrected chi connectivity index (χ4v) is 5.29. The van der Waals surface area contributed by atoms with E-state index in [4.69, 9.17) is 4.74 Å². The van der Waals surface area contributed by atoms with Gasteiger partial charge in [-0.3, -0.25) is 9.59 Å². The fourth-order valence-electron chi connectivity index (χ4n) is 4.25. The molecule has 35 heavy (non-hydrogen) atoms. The molecule has 3 aromatic carbocycles. The first kappa shape index (κ1) is 23.0. The average Bonchev–Trinajstić information content (AvgIpc) is 3.46. The smallest absolute Gasteiger partial charge is 0.242 e. The molecule has 178 valence electrons. The van der Waals surface area contributed by atoms with Gasteiger partial charge >= 0.3 is 0 Å². The van der Waals surface area contributed by atoms with Gasteiger partial charge < -0.3 is 15.4 Å². The Morgan fingerprint density at radius 1 is 1.00 bits per heavy atom. The Hall–Kier alpha value is -3.78. The van der Waals surface area contributed by atoms with E-state index >= 15 is 0 Å². The lowest BCUT2D eigenvalue weighted by Crippen LogP contribution is -2.29. The van der Waals surface area contributed by atoms with E-state index in [1.54, 1.807) is 23.6 Å². The van der Waals surface area contributed by atoms with Gasteiger partial charge in [0.1, 0.15) is 18.1 Å². The monoisotopic (exact) mass is 486 g/mol. The number of thioether (sulfide) groups is 1. The third-order valence-electron chi connectivity index (χ3n) is 6.05. The molecule has 0 atom stereocenters. The van der Waals surface area contributed by atoms with Gasteiger partial charge in [-0.1, -0.05) is 54.6 Å². The molecule has 1 aliphatic heterocycles. The van der Waals surface area contributed by atoms with Gasteiger partial charge in [-0.25, -0.2) is 4.68 Å². The van der Waals surface area contributed by atoms with Crippen LogP contribution in [0.25, 0.3) is 10.8 Å². The zero-order valence-electron chi connectivity index (χ0n) is 19.4. The van der Waals surface area contributed by atoms with Gasteiger partial charge in [-0.2, -0.15) is 16.9 Å². The number of hydrogen-bond donors (Lipinski definition) is 2. The molecule has 0 bridgehead atoms. The summed E-state index contributed by atoms with van der Waals surface area (Å²) in [5, 5.41) is 12.8. The molecule has 0 radical (unpaired) electrons. The van der Waals surface area contributed by atoms with Crippen molar-refractivity contribution in [2.75, 3.05) is 12.4 Å². The standard InChI is InChI=1S/C27H26N4O3S/c1-34-21-11-9-18(10-12-21)14-28-26(33)15-31-27(23-16-35-17-24(23)30-31)29-25(32)13-20-7-4-6-19-5-2-3-8-22(19)20/h2-12H,13-17H2,1H3,(H,28,33)(H,29,32). The number of amides is 2. The maximum absolute atomic E-state index is 13.1. The molecule has 0 aliphatic carbocycles. The van der Waals surface area contributed by atoms with Gasteiger partial charge in [0, 0.05) is 23.6 Å². The van der Waals surface area contributed by atoms with Crippen LogP contribution in [0.4, 0.5) is 5.82 Å². The van der Waals surface area contributed by atoms with E-state index in [0.717, 1.165) is 50.4 Å². The van der Waals surface area contributed by atoms with E-state index in [1.807, 2.05) is 66.7 Å². The van der Waals surface area contributed by atoms with Crippen molar-refractivity contribution in [2.45, 2.75) is 31.0 Å². The van der Waals surface area contributed by atoms with Crippen molar-refractivity contribution in [1.29, 1.82) is 0 Å². The molecule has 2 heterocycles. The van der Waals surface area contributed by atoms with E-state index in [1.165, 1.54) is 0 Å². The molecule has 5 rings (SSSR count). The molecular weight excluding hydrogens is 460 g/mol. The van der Waals surface area contributed by atoms with Crippen LogP contribution >= 0.6 is 11.8 Å². The van der Waals surface area contributed by atoms with E-state index in [-0.39, 0.29) is 24.8 Å². The summed E-state index contributed by atoms with van der Waals surface area (Å²) in [4.78, 5) is 25.8. The van der Waals surface area contributed by atoms with E-state index in [2.05, 4.69) is 15.7 Å². The number of nitrogens with one attached hydrogen (secondary N) is 2. The van der Waals surface area contributed by atoms with Gasteiger partial charge in [0.2, 0.25) is 11.8 Å². The third kappa shape index (κ3) is 5.17. The van der Waals surface area contributed by atoms with E-state index < -0.39 is 0 Å². The second-order valence-corrected chi connectivity index (χ2v) is 9.40. The molecule has 0 saturated heterocycles. The number of methoxy groups -OCH3 is 1. The second-order valence-electron chi connectivity index (χ2n) is 8.41. The lowest BCUT2D eigenvalue weighted by atomic mass is 10.0. The molecule has 7 nitrogen and oxygen atoms in total. The maximum Gasteiger partial charge on any atom is 0.242 e. The summed E-state index contributed by atoms with van der Waals surface area (Å²) in [6.45, 7) is 0.445. The van der Waals surface area contributed by atoms with E-state index in [0.29, 0.717) is 12.4 Å². The maximum atomic E-state index is 13.1. The molecule has 4 aromatic rings. The Balaban J connectivity index is 1.27. The van der Waals surface area contributed by atoms with Crippen LogP contribution in [0.3, 0.4) is 0 Å². The molecule has 1 aromatic heterocycles. The highest BCUT2D eigenvalue weighted by atomic mass is 32.2. The molecule has 0 saturated carbocycles. The van der Waals surface area contributed by atoms with Crippen LogP contribution in [-0.4, -0.2) is 28.7 Å². The number of nitrogens with zero attached hydrogens (tertiary/aromatic N) is 2. The number of fused-ring (bicyclic) bond motifs is 2. The van der Waals surface area contributed by atoms with Crippen LogP contribution in [0.15, 0.2) is 66.7 Å². The van der Waals surface area contributed by atoms with Crippen molar-refractivity contribution in [1.82, 2.24) is 15.1 Å². The molecule has 0 spiro atoms. The minimum absolute atomic E-state index is 0.0394. The zero-order valence-corrected chi connectivity index (χ0v) is 20.2. The predicted molar refractivity (Wildman–Crippen MR) is 138 cm³/mol. The van der Waals surface area contributed by atoms with Crippen LogP contribution in [0, 0.1) is 0 Å². The van der Waals surface area contributed by atoms with Gasteiger partial charge in [0.25, 0.3) is 0 Å². The highest BCUT2D eigenvalue weighted by molar-refractivity contribution is 7.98. The number of benzene rings is 3. The number of rotatable bonds is 8. The van der Waals surface area contributed by atoms with Crippen molar-refractivity contribution in [3.63, 3.8) is 0 Å². The SMILES string of the molecule is COc1ccc(CNC(=O)Cn2nc3c(c2NC(=O)Cc2cccc4ccccc24)CSC3)cc1. The van der Waals surface area contributed by atoms with Crippen molar-refractivity contribution in [2.24, 2.45) is 0 Å². The van der Waals surface area contributed by atoms with Crippen LogP contribution in [-0.2, 0) is 40.6 Å². The van der Waals surface area contributed by atoms with Crippen LogP contribution in [0.2, 0.25) is 0 Å². The molecule has 2 N–H and O–H groups in total. The summed E-state index contributed by atoms with van der Waals surface area (Å²) >= 11 is 1.76. The van der Waals surface area contributed by atoms with Gasteiger partial charge in [-0.15, -0.1) is 0 Å². The third-order valence-corrected chi connectivity index (χ3v) is 7.02. The molecule has 2 amide bonds. The topological polar surface area (TPSA) is 85.2 Å². The largest absolute Gasteiger partial charge is 0.497 e. The summed E-state index contributed by atoms with van der Waals surface area (Å²) in [5.74, 6) is 2.65. The van der Waals surface area contributed by atoms with Gasteiger partial charge in [0.15, 0.2) is 0 Å². The summed E-state index contributed by atoms with van der Waals surface area (Å²) in [5.41, 5.74) is 3.87. The van der Waals surface area contributed by atoms with Gasteiger partial charge in [-0.05, 0) is 34.0 Å². The summed E-state index contributed by atoms with van der Waals surface area (Å²) < 4.78 is 6.79. The number of aromatic nitrogens is 2. The lowest BCUT2D eigenvalue weighted by Gasteiger charge is -2.12. The van der Waals surface area contributed by atoms with Crippen molar-refractivity contribution in [3.8, 4) is 5.75 Å². The first-order valence-electron chi connectivity index (χ1n) is 11.4. The predicted octanol–water partition coefficient (Wildman–Crippen LogP) is 4.29. The Morgan fingerprint density at radius 2 is 1.80 bits per heavy atom. The zero-order chi connectivity index (χ0) is 24.2. The average molecular weight is 487 g/mol. The quantitative estimate of drug-likeness (QED) is 0.388. The number of ether oxygens (including phenoxy) is 1. The fraction of sp³-hybridized carbons (Fsp3) is 0.222. The van der Waals surface area contributed by atoms with Crippen molar-refractivity contribution in [3.05, 3.63) is 89.1 Å². The Labute approximate surface area is 207 Å². The van der Waals surface area contributed by atoms with E-state index in [9.17, 15) is 9.59 Å². The molecule has 0 fully saturated rings. The minimum Gasteiger partial charge on any atom is -0.497 e. The molecular formula is C27H26N4O3S. The highest BCUT2D eigenvalue weighted by Gasteiger charge is 2.25. The first-order valence-corrected chi connectivity index (χ1v) is 12.6. The van der Waals surface area contributed by atoms with Crippen molar-refractivity contribution >= 4 is 40.2 Å². The van der Waals surface area contributed by atoms with Crippen LogP contribution in [0.1, 0.15) is 22.4 Å². The second kappa shape index (κ2) is 10.2. The normalized spacial score (nSPS) is 12.4. The van der Waals surface area contributed by atoms with Crippen molar-refractivity contribution < 1.29 is 14.3 Å². The van der Waals surface area contributed by atoms with Crippen LogP contribution < -0.4 is 15.4 Å². The number of carbonyl (C=O) groups excluding carboxylic acids is 2. The Bertz CT molecular complexity index is 1380. The number of hydrogen-bond acceptors (Lipinski definition) is 5.